The van der Waals surface area contributed by atoms with Gasteiger partial charge in [0.2, 0.25) is 0 Å². The first-order valence-corrected chi connectivity index (χ1v) is 9.88. The van der Waals surface area contributed by atoms with E-state index in [0.29, 0.717) is 17.6 Å². The van der Waals surface area contributed by atoms with E-state index in [-0.39, 0.29) is 5.41 Å². The Labute approximate surface area is 173 Å². The number of anilines is 1. The Hall–Kier alpha value is -3.62. The van der Waals surface area contributed by atoms with E-state index < -0.39 is 0 Å². The molecule has 1 N–H and O–H groups in total. The topological polar surface area (TPSA) is 107 Å². The van der Waals surface area contributed by atoms with Crippen molar-refractivity contribution >= 4 is 5.82 Å². The minimum absolute atomic E-state index is 0.364. The van der Waals surface area contributed by atoms with E-state index in [1.54, 1.807) is 23.3 Å². The van der Waals surface area contributed by atoms with Crippen molar-refractivity contribution in [1.29, 1.82) is 0 Å². The zero-order valence-electron chi connectivity index (χ0n) is 17.1. The Kier molecular flexibility index (Phi) is 4.30. The van der Waals surface area contributed by atoms with Gasteiger partial charge >= 0.3 is 0 Å². The van der Waals surface area contributed by atoms with Gasteiger partial charge in [-0.05, 0) is 37.3 Å². The lowest BCUT2D eigenvalue weighted by atomic mass is 9.77. The Bertz CT molecular complexity index is 1160. The molecule has 0 saturated heterocycles. The summed E-state index contributed by atoms with van der Waals surface area (Å²) in [6.07, 6.45) is 11.1. The SMILES string of the molecule is CNc1cnc(-c2ccc([C@](C)(c3noc(-c4cnn(C)c4)n3)C3CC3)cn2)cn1. The number of pyridine rings is 1. The molecular weight excluding hydrogens is 380 g/mol. The number of hydrogen-bond donors (Lipinski definition) is 1. The highest BCUT2D eigenvalue weighted by Gasteiger charge is 2.47. The Morgan fingerprint density at radius 1 is 1.07 bits per heavy atom. The van der Waals surface area contributed by atoms with E-state index in [4.69, 9.17) is 9.51 Å². The third-order valence-electron chi connectivity index (χ3n) is 5.77. The monoisotopic (exact) mass is 402 g/mol. The number of aromatic nitrogens is 7. The summed E-state index contributed by atoms with van der Waals surface area (Å²) >= 11 is 0. The first-order chi connectivity index (χ1) is 14.6. The fourth-order valence-corrected chi connectivity index (χ4v) is 3.73. The van der Waals surface area contributed by atoms with Crippen molar-refractivity contribution in [2.24, 2.45) is 13.0 Å². The number of hydrogen-bond acceptors (Lipinski definition) is 8. The molecule has 4 aromatic rings. The first kappa shape index (κ1) is 18.4. The molecule has 1 fully saturated rings. The lowest BCUT2D eigenvalue weighted by molar-refractivity contribution is 0.386. The summed E-state index contributed by atoms with van der Waals surface area (Å²) in [4.78, 5) is 18.1. The van der Waals surface area contributed by atoms with Crippen molar-refractivity contribution in [2.75, 3.05) is 12.4 Å². The summed E-state index contributed by atoms with van der Waals surface area (Å²) in [7, 11) is 3.67. The summed E-state index contributed by atoms with van der Waals surface area (Å²) in [6.45, 7) is 2.17. The molecule has 0 aromatic carbocycles. The van der Waals surface area contributed by atoms with Gasteiger partial charge in [-0.1, -0.05) is 11.2 Å². The van der Waals surface area contributed by atoms with Crippen molar-refractivity contribution in [3.63, 3.8) is 0 Å². The summed E-state index contributed by atoms with van der Waals surface area (Å²) in [5, 5.41) is 11.5. The molecule has 9 heteroatoms. The van der Waals surface area contributed by atoms with Crippen LogP contribution in [0, 0.1) is 5.92 Å². The van der Waals surface area contributed by atoms with E-state index in [1.807, 2.05) is 32.6 Å². The second-order valence-corrected chi connectivity index (χ2v) is 7.77. The summed E-state index contributed by atoms with van der Waals surface area (Å²) in [5.74, 6) is 2.34. The van der Waals surface area contributed by atoms with E-state index >= 15 is 0 Å². The van der Waals surface area contributed by atoms with Crippen molar-refractivity contribution < 1.29 is 4.52 Å². The molecule has 0 aliphatic heterocycles. The van der Waals surface area contributed by atoms with Gasteiger partial charge in [-0.15, -0.1) is 0 Å². The van der Waals surface area contributed by atoms with Crippen LogP contribution in [0.2, 0.25) is 0 Å². The van der Waals surface area contributed by atoms with Gasteiger partial charge in [0.1, 0.15) is 11.5 Å². The molecule has 152 valence electrons. The minimum Gasteiger partial charge on any atom is -0.372 e. The average molecular weight is 402 g/mol. The van der Waals surface area contributed by atoms with Gasteiger partial charge in [0.25, 0.3) is 5.89 Å². The zero-order chi connectivity index (χ0) is 20.7. The highest BCUT2D eigenvalue weighted by atomic mass is 16.5. The second-order valence-electron chi connectivity index (χ2n) is 7.77. The normalized spacial score (nSPS) is 15.7. The maximum atomic E-state index is 5.57. The van der Waals surface area contributed by atoms with Crippen LogP contribution in [0.3, 0.4) is 0 Å². The molecule has 1 aliphatic carbocycles. The van der Waals surface area contributed by atoms with Gasteiger partial charge in [-0.25, -0.2) is 9.97 Å². The Morgan fingerprint density at radius 3 is 2.50 bits per heavy atom. The molecule has 1 atom stereocenters. The second kappa shape index (κ2) is 7.01. The van der Waals surface area contributed by atoms with Crippen molar-refractivity contribution in [3.8, 4) is 22.8 Å². The summed E-state index contributed by atoms with van der Waals surface area (Å²) in [5.41, 5.74) is 3.01. The van der Waals surface area contributed by atoms with Gasteiger partial charge in [0.05, 0.1) is 35.3 Å². The largest absolute Gasteiger partial charge is 0.372 e. The van der Waals surface area contributed by atoms with Crippen LogP contribution in [0.1, 0.15) is 31.2 Å². The molecule has 0 unspecified atom stereocenters. The molecule has 9 nitrogen and oxygen atoms in total. The average Bonchev–Trinajstić information content (AvgIpc) is 3.37. The molecule has 0 amide bonds. The summed E-state index contributed by atoms with van der Waals surface area (Å²) < 4.78 is 7.28. The minimum atomic E-state index is -0.364. The fraction of sp³-hybridized carbons (Fsp3) is 0.333. The van der Waals surface area contributed by atoms with Crippen LogP contribution in [0.25, 0.3) is 22.8 Å². The maximum Gasteiger partial charge on any atom is 0.261 e. The third kappa shape index (κ3) is 3.12. The lowest BCUT2D eigenvalue weighted by Gasteiger charge is -2.26. The molecule has 4 aromatic heterocycles. The van der Waals surface area contributed by atoms with Crippen LogP contribution in [-0.2, 0) is 12.5 Å². The number of aryl methyl sites for hydroxylation is 1. The van der Waals surface area contributed by atoms with Crippen molar-refractivity contribution in [2.45, 2.75) is 25.2 Å². The van der Waals surface area contributed by atoms with Gasteiger partial charge in [0, 0.05) is 26.5 Å². The van der Waals surface area contributed by atoms with Gasteiger partial charge in [0.15, 0.2) is 5.82 Å². The molecule has 1 aliphatic rings. The zero-order valence-corrected chi connectivity index (χ0v) is 17.1. The number of rotatable bonds is 6. The van der Waals surface area contributed by atoms with Crippen LogP contribution >= 0.6 is 0 Å². The predicted molar refractivity (Wildman–Crippen MR) is 110 cm³/mol. The van der Waals surface area contributed by atoms with Gasteiger partial charge < -0.3 is 9.84 Å². The molecule has 5 rings (SSSR count). The van der Waals surface area contributed by atoms with Crippen LogP contribution in [-0.4, -0.2) is 41.9 Å². The smallest absolute Gasteiger partial charge is 0.261 e. The van der Waals surface area contributed by atoms with E-state index in [2.05, 4.69) is 43.5 Å². The van der Waals surface area contributed by atoms with E-state index in [9.17, 15) is 0 Å². The molecule has 30 heavy (non-hydrogen) atoms. The number of nitrogens with zero attached hydrogens (tertiary/aromatic N) is 7. The fourth-order valence-electron chi connectivity index (χ4n) is 3.73. The maximum absolute atomic E-state index is 5.57. The predicted octanol–water partition coefficient (Wildman–Crippen LogP) is 3.08. The van der Waals surface area contributed by atoms with Gasteiger partial charge in [-0.3, -0.25) is 9.67 Å². The molecular formula is C21H22N8O. The third-order valence-corrected chi connectivity index (χ3v) is 5.77. The molecule has 1 saturated carbocycles. The van der Waals surface area contributed by atoms with Crippen molar-refractivity contribution in [1.82, 2.24) is 34.9 Å². The van der Waals surface area contributed by atoms with E-state index in [1.165, 1.54) is 0 Å². The van der Waals surface area contributed by atoms with Crippen LogP contribution in [0.5, 0.6) is 0 Å². The van der Waals surface area contributed by atoms with Crippen LogP contribution in [0.4, 0.5) is 5.82 Å². The first-order valence-electron chi connectivity index (χ1n) is 9.88. The highest BCUT2D eigenvalue weighted by molar-refractivity contribution is 5.55. The van der Waals surface area contributed by atoms with Crippen LogP contribution in [0.15, 0.2) is 47.6 Å². The molecule has 4 heterocycles. The molecule has 0 spiro atoms. The molecule has 0 bridgehead atoms. The molecule has 0 radical (unpaired) electrons. The van der Waals surface area contributed by atoms with E-state index in [0.717, 1.165) is 41.2 Å². The highest BCUT2D eigenvalue weighted by Crippen LogP contribution is 2.50. The Morgan fingerprint density at radius 2 is 1.90 bits per heavy atom. The van der Waals surface area contributed by atoms with Crippen LogP contribution < -0.4 is 5.32 Å². The summed E-state index contributed by atoms with van der Waals surface area (Å²) in [6, 6.07) is 4.05. The lowest BCUT2D eigenvalue weighted by Crippen LogP contribution is -2.28. The standard InChI is InChI=1S/C21H22N8O/c1-21(14-4-5-14,20-27-19(30-28-20)13-8-26-29(3)12-13)15-6-7-16(23-9-15)17-10-25-18(22-2)11-24-17/h6-12,14H,4-5H2,1-3H3,(H,22,25)/t21-/m1/s1. The Balaban J connectivity index is 1.47. The van der Waals surface area contributed by atoms with Crippen molar-refractivity contribution in [3.05, 3.63) is 54.5 Å². The number of nitrogens with one attached hydrogen (secondary N) is 1. The van der Waals surface area contributed by atoms with Gasteiger partial charge in [-0.2, -0.15) is 10.1 Å². The quantitative estimate of drug-likeness (QED) is 0.524.